The third kappa shape index (κ3) is 2.92. The van der Waals surface area contributed by atoms with E-state index in [1.54, 1.807) is 24.4 Å². The molecule has 0 saturated carbocycles. The summed E-state index contributed by atoms with van der Waals surface area (Å²) in [5.74, 6) is -0.558. The van der Waals surface area contributed by atoms with Crippen LogP contribution in [0.25, 0.3) is 0 Å². The Morgan fingerprint density at radius 2 is 2.33 bits per heavy atom. The third-order valence-electron chi connectivity index (χ3n) is 1.14. The van der Waals surface area contributed by atoms with E-state index in [0.29, 0.717) is 5.88 Å². The van der Waals surface area contributed by atoms with Crippen molar-refractivity contribution in [1.82, 2.24) is 5.32 Å². The molecule has 1 heterocycles. The summed E-state index contributed by atoms with van der Waals surface area (Å²) in [5.41, 5.74) is 0. The molecule has 1 aliphatic rings. The molecule has 0 amide bonds. The molecule has 2 N–H and O–H groups in total. The molecular formula is C8H9NO3. The highest BCUT2D eigenvalue weighted by molar-refractivity contribution is 5.68. The van der Waals surface area contributed by atoms with E-state index in [4.69, 9.17) is 9.84 Å². The molecule has 12 heavy (non-hydrogen) atoms. The third-order valence-corrected chi connectivity index (χ3v) is 1.14. The van der Waals surface area contributed by atoms with Crippen molar-refractivity contribution in [3.8, 4) is 0 Å². The fourth-order valence-corrected chi connectivity index (χ4v) is 0.670. The minimum atomic E-state index is -0.991. The predicted molar refractivity (Wildman–Crippen MR) is 43.1 cm³/mol. The molecule has 0 aromatic heterocycles. The first-order valence-corrected chi connectivity index (χ1v) is 3.43. The zero-order valence-electron chi connectivity index (χ0n) is 6.36. The fourth-order valence-electron chi connectivity index (χ4n) is 0.670. The van der Waals surface area contributed by atoms with E-state index in [1.807, 2.05) is 6.08 Å². The smallest absolute Gasteiger partial charge is 0.341 e. The van der Waals surface area contributed by atoms with Gasteiger partial charge in [0.05, 0.1) is 0 Å². The van der Waals surface area contributed by atoms with Gasteiger partial charge < -0.3 is 15.2 Å². The molecule has 0 aromatic carbocycles. The van der Waals surface area contributed by atoms with Crippen LogP contribution in [0.3, 0.4) is 0 Å². The van der Waals surface area contributed by atoms with E-state index in [9.17, 15) is 4.79 Å². The molecule has 0 fully saturated rings. The Bertz CT molecular complexity index is 253. The maximum Gasteiger partial charge on any atom is 0.341 e. The first-order chi connectivity index (χ1) is 5.79. The Labute approximate surface area is 69.8 Å². The summed E-state index contributed by atoms with van der Waals surface area (Å²) in [6.07, 6.45) is 8.67. The average Bonchev–Trinajstić information content (AvgIpc) is 2.28. The van der Waals surface area contributed by atoms with E-state index < -0.39 is 5.97 Å². The van der Waals surface area contributed by atoms with Crippen LogP contribution in [-0.2, 0) is 9.53 Å². The fraction of sp³-hybridized carbons (Fsp3) is 0.125. The highest BCUT2D eigenvalue weighted by atomic mass is 16.5. The Kier molecular flexibility index (Phi) is 2.95. The summed E-state index contributed by atoms with van der Waals surface area (Å²) in [6.45, 7) is -0.333. The van der Waals surface area contributed by atoms with Gasteiger partial charge in [-0.05, 0) is 12.2 Å². The zero-order chi connectivity index (χ0) is 8.81. The van der Waals surface area contributed by atoms with E-state index in [1.165, 1.54) is 0 Å². The standard InChI is InChI=1S/C8H9NO3/c10-8(11)6-12-7-4-2-1-3-5-9-7/h1-5,9H,6H2,(H,10,11). The number of carboxylic acids is 1. The number of hydrogen-bond acceptors (Lipinski definition) is 3. The first-order valence-electron chi connectivity index (χ1n) is 3.43. The van der Waals surface area contributed by atoms with Gasteiger partial charge in [-0.2, -0.15) is 0 Å². The molecule has 0 saturated heterocycles. The van der Waals surface area contributed by atoms with Crippen LogP contribution in [0.4, 0.5) is 0 Å². The summed E-state index contributed by atoms with van der Waals surface area (Å²) in [7, 11) is 0. The first kappa shape index (κ1) is 8.39. The second kappa shape index (κ2) is 4.23. The van der Waals surface area contributed by atoms with Gasteiger partial charge in [0.25, 0.3) is 0 Å². The molecule has 64 valence electrons. The number of nitrogens with one attached hydrogen (secondary N) is 1. The molecule has 1 rings (SSSR count). The molecule has 0 unspecified atom stereocenters. The van der Waals surface area contributed by atoms with Crippen LogP contribution < -0.4 is 5.32 Å². The van der Waals surface area contributed by atoms with Gasteiger partial charge in [-0.3, -0.25) is 0 Å². The number of ether oxygens (including phenoxy) is 1. The molecule has 1 aliphatic heterocycles. The van der Waals surface area contributed by atoms with Crippen molar-refractivity contribution in [3.63, 3.8) is 0 Å². The maximum absolute atomic E-state index is 10.1. The van der Waals surface area contributed by atoms with Gasteiger partial charge in [-0.1, -0.05) is 12.2 Å². The lowest BCUT2D eigenvalue weighted by Crippen LogP contribution is -2.13. The molecule has 0 aromatic rings. The Morgan fingerprint density at radius 3 is 3.08 bits per heavy atom. The van der Waals surface area contributed by atoms with Gasteiger partial charge in [-0.25, -0.2) is 4.79 Å². The molecule has 0 bridgehead atoms. The van der Waals surface area contributed by atoms with Crippen molar-refractivity contribution in [1.29, 1.82) is 0 Å². The molecule has 0 radical (unpaired) electrons. The van der Waals surface area contributed by atoms with E-state index in [-0.39, 0.29) is 6.61 Å². The Balaban J connectivity index is 2.41. The van der Waals surface area contributed by atoms with Crippen LogP contribution in [0.1, 0.15) is 0 Å². The van der Waals surface area contributed by atoms with Crippen molar-refractivity contribution in [2.75, 3.05) is 6.61 Å². The van der Waals surface area contributed by atoms with Gasteiger partial charge in [0.15, 0.2) is 12.5 Å². The Hall–Kier alpha value is -1.71. The van der Waals surface area contributed by atoms with Gasteiger partial charge in [0.1, 0.15) is 0 Å². The average molecular weight is 167 g/mol. The zero-order valence-corrected chi connectivity index (χ0v) is 6.36. The summed E-state index contributed by atoms with van der Waals surface area (Å²) >= 11 is 0. The quantitative estimate of drug-likeness (QED) is 0.646. The number of rotatable bonds is 3. The van der Waals surface area contributed by atoms with Crippen LogP contribution >= 0.6 is 0 Å². The van der Waals surface area contributed by atoms with Crippen molar-refractivity contribution >= 4 is 5.97 Å². The normalized spacial score (nSPS) is 14.5. The van der Waals surface area contributed by atoms with Crippen molar-refractivity contribution in [3.05, 3.63) is 36.4 Å². The highest BCUT2D eigenvalue weighted by Crippen LogP contribution is 1.96. The van der Waals surface area contributed by atoms with Gasteiger partial charge in [0, 0.05) is 6.20 Å². The number of hydrogen-bond donors (Lipinski definition) is 2. The van der Waals surface area contributed by atoms with Gasteiger partial charge in [0.2, 0.25) is 0 Å². The predicted octanol–water partition coefficient (Wildman–Crippen LogP) is 0.602. The minimum absolute atomic E-state index is 0.333. The molecule has 0 atom stereocenters. The molecule has 0 spiro atoms. The lowest BCUT2D eigenvalue weighted by atomic mass is 10.5. The van der Waals surface area contributed by atoms with Crippen LogP contribution in [0.2, 0.25) is 0 Å². The van der Waals surface area contributed by atoms with Gasteiger partial charge in [-0.15, -0.1) is 0 Å². The lowest BCUT2D eigenvalue weighted by Gasteiger charge is -2.05. The molecular weight excluding hydrogens is 158 g/mol. The molecule has 4 heteroatoms. The lowest BCUT2D eigenvalue weighted by molar-refractivity contribution is -0.140. The largest absolute Gasteiger partial charge is 0.479 e. The second-order valence-corrected chi connectivity index (χ2v) is 2.10. The van der Waals surface area contributed by atoms with Crippen LogP contribution in [0, 0.1) is 0 Å². The second-order valence-electron chi connectivity index (χ2n) is 2.10. The highest BCUT2D eigenvalue weighted by Gasteiger charge is 1.99. The molecule has 0 aliphatic carbocycles. The monoisotopic (exact) mass is 167 g/mol. The minimum Gasteiger partial charge on any atom is -0.479 e. The Morgan fingerprint density at radius 1 is 1.50 bits per heavy atom. The van der Waals surface area contributed by atoms with Crippen molar-refractivity contribution in [2.24, 2.45) is 0 Å². The van der Waals surface area contributed by atoms with E-state index in [0.717, 1.165) is 0 Å². The van der Waals surface area contributed by atoms with Crippen molar-refractivity contribution < 1.29 is 14.6 Å². The maximum atomic E-state index is 10.1. The summed E-state index contributed by atoms with van der Waals surface area (Å²) in [6, 6.07) is 0. The topological polar surface area (TPSA) is 58.6 Å². The summed E-state index contributed by atoms with van der Waals surface area (Å²) in [4.78, 5) is 10.1. The number of carboxylic acid groups (broad SMARTS) is 1. The number of aliphatic carboxylic acids is 1. The summed E-state index contributed by atoms with van der Waals surface area (Å²) < 4.78 is 4.87. The summed E-state index contributed by atoms with van der Waals surface area (Å²) in [5, 5.41) is 11.1. The van der Waals surface area contributed by atoms with Crippen molar-refractivity contribution in [2.45, 2.75) is 0 Å². The van der Waals surface area contributed by atoms with Gasteiger partial charge >= 0.3 is 5.97 Å². The van der Waals surface area contributed by atoms with Crippen LogP contribution in [0.15, 0.2) is 36.4 Å². The van der Waals surface area contributed by atoms with Crippen LogP contribution in [-0.4, -0.2) is 17.7 Å². The SMILES string of the molecule is O=C(O)COC1=CC=CC=CN1. The number of allylic oxidation sites excluding steroid dienone is 4. The van der Waals surface area contributed by atoms with E-state index in [2.05, 4.69) is 5.32 Å². The number of carbonyl (C=O) groups is 1. The van der Waals surface area contributed by atoms with Crippen LogP contribution in [0.5, 0.6) is 0 Å². The van der Waals surface area contributed by atoms with E-state index >= 15 is 0 Å². The molecule has 4 nitrogen and oxygen atoms in total.